The Kier molecular flexibility index (Phi) is 6.73. The smallest absolute Gasteiger partial charge is 0.184 e. The molecule has 6 nitrogen and oxygen atoms in total. The van der Waals surface area contributed by atoms with Crippen molar-refractivity contribution in [2.75, 3.05) is 6.61 Å². The summed E-state index contributed by atoms with van der Waals surface area (Å²) in [5, 5.41) is 30.7. The zero-order valence-electron chi connectivity index (χ0n) is 14.3. The normalized spacial score (nSPS) is 28.8. The van der Waals surface area contributed by atoms with E-state index in [2.05, 4.69) is 0 Å². The number of benzene rings is 2. The van der Waals surface area contributed by atoms with E-state index in [1.165, 1.54) is 0 Å². The molecule has 1 fully saturated rings. The first-order valence-corrected chi connectivity index (χ1v) is 8.62. The Labute approximate surface area is 152 Å². The third-order valence-electron chi connectivity index (χ3n) is 4.34. The summed E-state index contributed by atoms with van der Waals surface area (Å²) in [5.41, 5.74) is 1.89. The highest BCUT2D eigenvalue weighted by Crippen LogP contribution is 2.24. The fraction of sp³-hybridized carbons (Fsp3) is 0.400. The molecular formula is C20H24O6. The summed E-state index contributed by atoms with van der Waals surface area (Å²) in [5.74, 6) is 0. The van der Waals surface area contributed by atoms with Gasteiger partial charge in [0.1, 0.15) is 24.4 Å². The lowest BCUT2D eigenvalue weighted by Gasteiger charge is -2.40. The van der Waals surface area contributed by atoms with Crippen molar-refractivity contribution in [3.63, 3.8) is 0 Å². The van der Waals surface area contributed by atoms with E-state index in [-0.39, 0.29) is 13.2 Å². The number of hydrogen-bond donors (Lipinski definition) is 3. The molecule has 0 aliphatic carbocycles. The van der Waals surface area contributed by atoms with Gasteiger partial charge in [0.05, 0.1) is 19.8 Å². The first kappa shape index (κ1) is 19.0. The Morgan fingerprint density at radius 3 is 1.96 bits per heavy atom. The van der Waals surface area contributed by atoms with Crippen molar-refractivity contribution in [1.29, 1.82) is 0 Å². The third-order valence-corrected chi connectivity index (χ3v) is 4.34. The molecule has 5 atom stereocenters. The summed E-state index contributed by atoms with van der Waals surface area (Å²) < 4.78 is 16.5. The molecule has 0 amide bonds. The maximum Gasteiger partial charge on any atom is 0.184 e. The topological polar surface area (TPSA) is 88.4 Å². The monoisotopic (exact) mass is 360 g/mol. The second-order valence-electron chi connectivity index (χ2n) is 6.31. The van der Waals surface area contributed by atoms with E-state index in [0.717, 1.165) is 11.1 Å². The zero-order valence-corrected chi connectivity index (χ0v) is 14.3. The molecule has 0 spiro atoms. The van der Waals surface area contributed by atoms with E-state index in [0.29, 0.717) is 6.61 Å². The maximum absolute atomic E-state index is 10.3. The van der Waals surface area contributed by atoms with Crippen molar-refractivity contribution in [2.24, 2.45) is 0 Å². The van der Waals surface area contributed by atoms with Crippen LogP contribution in [0.2, 0.25) is 0 Å². The van der Waals surface area contributed by atoms with Crippen LogP contribution in [0.5, 0.6) is 0 Å². The minimum Gasteiger partial charge on any atom is -0.387 e. The lowest BCUT2D eigenvalue weighted by atomic mass is 9.99. The number of ether oxygens (including phenoxy) is 3. The summed E-state index contributed by atoms with van der Waals surface area (Å²) in [6, 6.07) is 19.0. The summed E-state index contributed by atoms with van der Waals surface area (Å²) >= 11 is 0. The highest BCUT2D eigenvalue weighted by Gasteiger charge is 2.44. The van der Waals surface area contributed by atoms with Gasteiger partial charge in [-0.25, -0.2) is 0 Å². The Morgan fingerprint density at radius 1 is 0.769 bits per heavy atom. The standard InChI is InChI=1S/C20H24O6/c21-17-16(13-24-11-14-7-3-1-4-8-14)26-20(23)19(18(17)22)25-12-15-9-5-2-6-10-15/h1-10,16-23H,11-13H2/t16-,17-,18+,19-,20-/m1/s1. The molecule has 0 bridgehead atoms. The molecular weight excluding hydrogens is 336 g/mol. The van der Waals surface area contributed by atoms with Crippen LogP contribution in [0.25, 0.3) is 0 Å². The predicted octanol–water partition coefficient (Wildman–Crippen LogP) is 1.23. The number of hydrogen-bond acceptors (Lipinski definition) is 6. The lowest BCUT2D eigenvalue weighted by molar-refractivity contribution is -0.300. The summed E-state index contributed by atoms with van der Waals surface area (Å²) in [6.07, 6.45) is -5.69. The van der Waals surface area contributed by atoms with Crippen LogP contribution in [-0.4, -0.2) is 52.6 Å². The third kappa shape index (κ3) is 4.88. The Morgan fingerprint density at radius 2 is 1.35 bits per heavy atom. The molecule has 2 aromatic carbocycles. The van der Waals surface area contributed by atoms with Crippen LogP contribution in [0.4, 0.5) is 0 Å². The minimum absolute atomic E-state index is 0.0512. The molecule has 140 valence electrons. The van der Waals surface area contributed by atoms with Gasteiger partial charge in [0.2, 0.25) is 0 Å². The van der Waals surface area contributed by atoms with Gasteiger partial charge in [0.25, 0.3) is 0 Å². The van der Waals surface area contributed by atoms with E-state index >= 15 is 0 Å². The van der Waals surface area contributed by atoms with Gasteiger partial charge in [-0.2, -0.15) is 0 Å². The molecule has 6 heteroatoms. The quantitative estimate of drug-likeness (QED) is 0.688. The lowest BCUT2D eigenvalue weighted by Crippen LogP contribution is -2.59. The van der Waals surface area contributed by atoms with Crippen molar-refractivity contribution in [1.82, 2.24) is 0 Å². The van der Waals surface area contributed by atoms with E-state index < -0.39 is 30.7 Å². The van der Waals surface area contributed by atoms with Crippen molar-refractivity contribution in [3.8, 4) is 0 Å². The van der Waals surface area contributed by atoms with Gasteiger partial charge in [-0.1, -0.05) is 60.7 Å². The van der Waals surface area contributed by atoms with Crippen LogP contribution in [-0.2, 0) is 27.4 Å². The van der Waals surface area contributed by atoms with Gasteiger partial charge in [0, 0.05) is 0 Å². The van der Waals surface area contributed by atoms with Gasteiger partial charge < -0.3 is 29.5 Å². The largest absolute Gasteiger partial charge is 0.387 e. The first-order chi connectivity index (χ1) is 12.6. The van der Waals surface area contributed by atoms with E-state index in [1.54, 1.807) is 0 Å². The molecule has 1 saturated heterocycles. The number of rotatable bonds is 7. The zero-order chi connectivity index (χ0) is 18.4. The Bertz CT molecular complexity index is 648. The average Bonchev–Trinajstić information content (AvgIpc) is 2.67. The van der Waals surface area contributed by atoms with Crippen LogP contribution in [0.1, 0.15) is 11.1 Å². The number of aliphatic hydroxyl groups is 3. The van der Waals surface area contributed by atoms with Crippen molar-refractivity contribution in [2.45, 2.75) is 43.9 Å². The Balaban J connectivity index is 1.49. The molecule has 26 heavy (non-hydrogen) atoms. The molecule has 1 aliphatic rings. The molecule has 3 N–H and O–H groups in total. The molecule has 3 rings (SSSR count). The van der Waals surface area contributed by atoms with Crippen LogP contribution in [0, 0.1) is 0 Å². The molecule has 0 aromatic heterocycles. The van der Waals surface area contributed by atoms with Crippen LogP contribution < -0.4 is 0 Å². The van der Waals surface area contributed by atoms with Gasteiger partial charge >= 0.3 is 0 Å². The Hall–Kier alpha value is -1.80. The summed E-state index contributed by atoms with van der Waals surface area (Å²) in [7, 11) is 0. The number of aliphatic hydroxyl groups excluding tert-OH is 3. The molecule has 0 saturated carbocycles. The second kappa shape index (κ2) is 9.23. The van der Waals surface area contributed by atoms with Gasteiger partial charge in [-0.3, -0.25) is 0 Å². The van der Waals surface area contributed by atoms with Gasteiger partial charge in [0.15, 0.2) is 6.29 Å². The maximum atomic E-state index is 10.3. The molecule has 0 unspecified atom stereocenters. The molecule has 1 heterocycles. The fourth-order valence-corrected chi connectivity index (χ4v) is 2.87. The molecule has 2 aromatic rings. The predicted molar refractivity (Wildman–Crippen MR) is 94.0 cm³/mol. The summed E-state index contributed by atoms with van der Waals surface area (Å²) in [4.78, 5) is 0. The fourth-order valence-electron chi connectivity index (χ4n) is 2.87. The van der Waals surface area contributed by atoms with E-state index in [4.69, 9.17) is 14.2 Å². The average molecular weight is 360 g/mol. The van der Waals surface area contributed by atoms with E-state index in [9.17, 15) is 15.3 Å². The van der Waals surface area contributed by atoms with Crippen LogP contribution >= 0.6 is 0 Å². The summed E-state index contributed by atoms with van der Waals surface area (Å²) in [6.45, 7) is 0.605. The van der Waals surface area contributed by atoms with Crippen molar-refractivity contribution < 1.29 is 29.5 Å². The van der Waals surface area contributed by atoms with Crippen molar-refractivity contribution in [3.05, 3.63) is 71.8 Å². The first-order valence-electron chi connectivity index (χ1n) is 8.62. The molecule has 0 radical (unpaired) electrons. The SMILES string of the molecule is O[C@H]1[C@H](O)[C@@H](COCc2ccccc2)O[C@@H](O)[C@@H]1OCc1ccccc1. The van der Waals surface area contributed by atoms with Crippen LogP contribution in [0.3, 0.4) is 0 Å². The van der Waals surface area contributed by atoms with E-state index in [1.807, 2.05) is 60.7 Å². The van der Waals surface area contributed by atoms with Crippen LogP contribution in [0.15, 0.2) is 60.7 Å². The van der Waals surface area contributed by atoms with Gasteiger partial charge in [-0.15, -0.1) is 0 Å². The molecule has 1 aliphatic heterocycles. The minimum atomic E-state index is -1.34. The van der Waals surface area contributed by atoms with Crippen molar-refractivity contribution >= 4 is 0 Å². The highest BCUT2D eigenvalue weighted by atomic mass is 16.7. The van der Waals surface area contributed by atoms with Gasteiger partial charge in [-0.05, 0) is 11.1 Å². The second-order valence-corrected chi connectivity index (χ2v) is 6.31. The highest BCUT2D eigenvalue weighted by molar-refractivity contribution is 5.14.